The molecule has 0 unspecified atom stereocenters. The van der Waals surface area contributed by atoms with Crippen LogP contribution in [0.3, 0.4) is 0 Å². The Bertz CT molecular complexity index is 179. The summed E-state index contributed by atoms with van der Waals surface area (Å²) in [6.07, 6.45) is 3.32. The molecule has 0 radical (unpaired) electrons. The van der Waals surface area contributed by atoms with E-state index in [2.05, 4.69) is 13.8 Å². The third-order valence-corrected chi connectivity index (χ3v) is 2.83. The number of halogens is 1. The predicted molar refractivity (Wildman–Crippen MR) is 50.5 cm³/mol. The molecule has 0 bridgehead atoms. The van der Waals surface area contributed by atoms with Gasteiger partial charge in [-0.15, -0.1) is 0 Å². The fraction of sp³-hybridized carbons (Fsp3) is 0.889. The maximum absolute atomic E-state index is 10.9. The lowest BCUT2D eigenvalue weighted by Crippen LogP contribution is -2.27. The highest BCUT2D eigenvalue weighted by atomic mass is 35.5. The lowest BCUT2D eigenvalue weighted by molar-refractivity contribution is 0.221. The van der Waals surface area contributed by atoms with E-state index in [0.717, 1.165) is 25.9 Å². The molecule has 0 N–H and O–H groups in total. The Morgan fingerprint density at radius 1 is 1.33 bits per heavy atom. The smallest absolute Gasteiger partial charge is 0.316 e. The van der Waals surface area contributed by atoms with Gasteiger partial charge in [0.2, 0.25) is 0 Å². The molecule has 3 heteroatoms. The van der Waals surface area contributed by atoms with Gasteiger partial charge >= 0.3 is 5.37 Å². The van der Waals surface area contributed by atoms with Gasteiger partial charge in [-0.25, -0.2) is 0 Å². The van der Waals surface area contributed by atoms with E-state index in [0.29, 0.717) is 5.41 Å². The number of carbonyl (C=O) groups excluding carboxylic acids is 1. The predicted octanol–water partition coefficient (Wildman–Crippen LogP) is 2.86. The Labute approximate surface area is 78.9 Å². The number of carbonyl (C=O) groups is 1. The van der Waals surface area contributed by atoms with Gasteiger partial charge in [0.05, 0.1) is 0 Å². The summed E-state index contributed by atoms with van der Waals surface area (Å²) in [5, 5.41) is -0.298. The van der Waals surface area contributed by atoms with Crippen LogP contribution in [0, 0.1) is 5.41 Å². The van der Waals surface area contributed by atoms with Crippen molar-refractivity contribution in [3.8, 4) is 0 Å². The molecule has 0 aromatic carbocycles. The molecule has 1 aliphatic rings. The fourth-order valence-electron chi connectivity index (χ4n) is 1.60. The SMILES string of the molecule is CC1(C)CCCN(C(=O)Cl)CC1. The molecule has 1 saturated heterocycles. The standard InChI is InChI=1S/C9H16ClNO/c1-9(2)4-3-6-11(7-5-9)8(10)12/h3-7H2,1-2H3. The van der Waals surface area contributed by atoms with Gasteiger partial charge in [-0.2, -0.15) is 0 Å². The molecule has 1 amide bonds. The van der Waals surface area contributed by atoms with Crippen LogP contribution in [-0.4, -0.2) is 23.4 Å². The highest BCUT2D eigenvalue weighted by Gasteiger charge is 2.24. The van der Waals surface area contributed by atoms with Crippen molar-refractivity contribution in [1.29, 1.82) is 0 Å². The molecule has 2 nitrogen and oxygen atoms in total. The molecule has 0 saturated carbocycles. The van der Waals surface area contributed by atoms with Crippen LogP contribution in [0.5, 0.6) is 0 Å². The molecular formula is C9H16ClNO. The second-order valence-corrected chi connectivity index (χ2v) is 4.58. The molecule has 0 aromatic rings. The average molecular weight is 190 g/mol. The second kappa shape index (κ2) is 3.65. The Morgan fingerprint density at radius 3 is 2.58 bits per heavy atom. The van der Waals surface area contributed by atoms with Gasteiger partial charge in [0.15, 0.2) is 0 Å². The van der Waals surface area contributed by atoms with Gasteiger partial charge in [0, 0.05) is 13.1 Å². The topological polar surface area (TPSA) is 20.3 Å². The summed E-state index contributed by atoms with van der Waals surface area (Å²) >= 11 is 5.41. The third kappa shape index (κ3) is 2.67. The van der Waals surface area contributed by atoms with Gasteiger partial charge in [-0.05, 0) is 36.3 Å². The van der Waals surface area contributed by atoms with Crippen LogP contribution in [0.2, 0.25) is 0 Å². The van der Waals surface area contributed by atoms with E-state index < -0.39 is 0 Å². The molecule has 1 rings (SSSR count). The van der Waals surface area contributed by atoms with Crippen molar-refractivity contribution < 1.29 is 4.79 Å². The van der Waals surface area contributed by atoms with E-state index in [1.54, 1.807) is 4.90 Å². The lowest BCUT2D eigenvalue weighted by atomic mass is 9.85. The van der Waals surface area contributed by atoms with Crippen molar-refractivity contribution in [1.82, 2.24) is 4.90 Å². The Balaban J connectivity index is 2.50. The summed E-state index contributed by atoms with van der Waals surface area (Å²) in [4.78, 5) is 12.6. The van der Waals surface area contributed by atoms with Crippen LogP contribution < -0.4 is 0 Å². The molecule has 70 valence electrons. The molecule has 1 heterocycles. The molecule has 1 aliphatic heterocycles. The maximum Gasteiger partial charge on any atom is 0.316 e. The third-order valence-electron chi connectivity index (χ3n) is 2.59. The minimum Gasteiger partial charge on any atom is -0.329 e. The van der Waals surface area contributed by atoms with Crippen molar-refractivity contribution in [2.24, 2.45) is 5.41 Å². The Kier molecular flexibility index (Phi) is 2.99. The van der Waals surface area contributed by atoms with Gasteiger partial charge in [-0.3, -0.25) is 4.79 Å². The van der Waals surface area contributed by atoms with E-state index in [1.807, 2.05) is 0 Å². The second-order valence-electron chi connectivity index (χ2n) is 4.26. The average Bonchev–Trinajstić information content (AvgIpc) is 2.10. The summed E-state index contributed by atoms with van der Waals surface area (Å²) in [6.45, 7) is 6.13. The first-order chi connectivity index (χ1) is 5.51. The molecule has 0 atom stereocenters. The summed E-state index contributed by atoms with van der Waals surface area (Å²) in [6, 6.07) is 0. The first kappa shape index (κ1) is 9.85. The van der Waals surface area contributed by atoms with Gasteiger partial charge < -0.3 is 4.90 Å². The van der Waals surface area contributed by atoms with Crippen molar-refractivity contribution >= 4 is 17.0 Å². The quantitative estimate of drug-likeness (QED) is 0.424. The number of hydrogen-bond acceptors (Lipinski definition) is 1. The van der Waals surface area contributed by atoms with Gasteiger partial charge in [-0.1, -0.05) is 13.8 Å². The van der Waals surface area contributed by atoms with Gasteiger partial charge in [0.1, 0.15) is 0 Å². The first-order valence-corrected chi connectivity index (χ1v) is 4.83. The van der Waals surface area contributed by atoms with Crippen LogP contribution in [0.1, 0.15) is 33.1 Å². The molecule has 12 heavy (non-hydrogen) atoms. The molecule has 0 aromatic heterocycles. The van der Waals surface area contributed by atoms with Crippen LogP contribution in [0.4, 0.5) is 4.79 Å². The van der Waals surface area contributed by atoms with Gasteiger partial charge in [0.25, 0.3) is 0 Å². The summed E-state index contributed by atoms with van der Waals surface area (Å²) in [7, 11) is 0. The van der Waals surface area contributed by atoms with E-state index in [4.69, 9.17) is 11.6 Å². The largest absolute Gasteiger partial charge is 0.329 e. The zero-order valence-electron chi connectivity index (χ0n) is 7.77. The molecule has 1 fully saturated rings. The maximum atomic E-state index is 10.9. The minimum atomic E-state index is -0.298. The molecular weight excluding hydrogens is 174 g/mol. The summed E-state index contributed by atoms with van der Waals surface area (Å²) in [5.74, 6) is 0. The van der Waals surface area contributed by atoms with E-state index >= 15 is 0 Å². The molecule has 0 aliphatic carbocycles. The Morgan fingerprint density at radius 2 is 2.00 bits per heavy atom. The number of nitrogens with zero attached hydrogens (tertiary/aromatic N) is 1. The van der Waals surface area contributed by atoms with Crippen LogP contribution >= 0.6 is 11.6 Å². The number of hydrogen-bond donors (Lipinski definition) is 0. The number of likely N-dealkylation sites (tertiary alicyclic amines) is 1. The van der Waals surface area contributed by atoms with Crippen LogP contribution in [0.25, 0.3) is 0 Å². The van der Waals surface area contributed by atoms with Crippen LogP contribution in [0.15, 0.2) is 0 Å². The minimum absolute atomic E-state index is 0.298. The summed E-state index contributed by atoms with van der Waals surface area (Å²) in [5.41, 5.74) is 0.376. The highest BCUT2D eigenvalue weighted by Crippen LogP contribution is 2.29. The zero-order valence-corrected chi connectivity index (χ0v) is 8.52. The zero-order chi connectivity index (χ0) is 9.19. The first-order valence-electron chi connectivity index (χ1n) is 4.46. The van der Waals surface area contributed by atoms with Crippen molar-refractivity contribution in [3.05, 3.63) is 0 Å². The normalized spacial score (nSPS) is 23.4. The molecule has 0 spiro atoms. The highest BCUT2D eigenvalue weighted by molar-refractivity contribution is 6.62. The number of amides is 1. The Hall–Kier alpha value is -0.240. The van der Waals surface area contributed by atoms with E-state index in [9.17, 15) is 4.79 Å². The fourth-order valence-corrected chi connectivity index (χ4v) is 1.77. The van der Waals surface area contributed by atoms with Crippen molar-refractivity contribution in [2.45, 2.75) is 33.1 Å². The van der Waals surface area contributed by atoms with E-state index in [1.165, 1.54) is 6.42 Å². The lowest BCUT2D eigenvalue weighted by Gasteiger charge is -2.21. The van der Waals surface area contributed by atoms with Crippen molar-refractivity contribution in [2.75, 3.05) is 13.1 Å². The van der Waals surface area contributed by atoms with Crippen LogP contribution in [-0.2, 0) is 0 Å². The summed E-state index contributed by atoms with van der Waals surface area (Å²) < 4.78 is 0. The van der Waals surface area contributed by atoms with Crippen molar-refractivity contribution in [3.63, 3.8) is 0 Å². The monoisotopic (exact) mass is 189 g/mol. The number of rotatable bonds is 0. The van der Waals surface area contributed by atoms with E-state index in [-0.39, 0.29) is 5.37 Å².